The summed E-state index contributed by atoms with van der Waals surface area (Å²) in [4.78, 5) is 20.8. The SMILES string of the molecule is CCN(CC)c1ncc2c(NCc3ccccc3)nc(SCc3ccc(F)cc3)nc2n1. The summed E-state index contributed by atoms with van der Waals surface area (Å²) in [6, 6.07) is 16.6. The highest BCUT2D eigenvalue weighted by Crippen LogP contribution is 2.27. The monoisotopic (exact) mass is 448 g/mol. The molecule has 0 aliphatic rings. The Hall–Kier alpha value is -3.26. The van der Waals surface area contributed by atoms with Crippen LogP contribution < -0.4 is 10.2 Å². The third-order valence-corrected chi connectivity index (χ3v) is 5.97. The molecule has 1 N–H and O–H groups in total. The van der Waals surface area contributed by atoms with Crippen molar-refractivity contribution >= 4 is 34.6 Å². The molecule has 0 amide bonds. The first-order valence-electron chi connectivity index (χ1n) is 10.6. The summed E-state index contributed by atoms with van der Waals surface area (Å²) in [6.45, 7) is 6.42. The maximum absolute atomic E-state index is 13.2. The van der Waals surface area contributed by atoms with Crippen LogP contribution in [0.25, 0.3) is 11.0 Å². The Bertz CT molecular complexity index is 1170. The molecule has 0 saturated carbocycles. The number of rotatable bonds is 9. The van der Waals surface area contributed by atoms with Crippen LogP contribution in [-0.4, -0.2) is 33.0 Å². The molecule has 0 saturated heterocycles. The Morgan fingerprint density at radius 1 is 0.906 bits per heavy atom. The van der Waals surface area contributed by atoms with E-state index in [1.165, 1.54) is 23.9 Å². The lowest BCUT2D eigenvalue weighted by Gasteiger charge is -2.18. The lowest BCUT2D eigenvalue weighted by atomic mass is 10.2. The topological polar surface area (TPSA) is 66.8 Å². The largest absolute Gasteiger partial charge is 0.365 e. The number of hydrogen-bond acceptors (Lipinski definition) is 7. The number of anilines is 2. The fourth-order valence-corrected chi connectivity index (χ4v) is 4.05. The smallest absolute Gasteiger partial charge is 0.227 e. The van der Waals surface area contributed by atoms with E-state index in [2.05, 4.69) is 41.2 Å². The predicted molar refractivity (Wildman–Crippen MR) is 128 cm³/mol. The number of aromatic nitrogens is 4. The number of halogens is 1. The molecule has 0 bridgehead atoms. The van der Waals surface area contributed by atoms with Gasteiger partial charge in [-0.25, -0.2) is 19.3 Å². The molecule has 4 rings (SSSR count). The van der Waals surface area contributed by atoms with E-state index in [-0.39, 0.29) is 5.82 Å². The van der Waals surface area contributed by atoms with Crippen molar-refractivity contribution in [2.75, 3.05) is 23.3 Å². The van der Waals surface area contributed by atoms with Crippen LogP contribution in [0.1, 0.15) is 25.0 Å². The van der Waals surface area contributed by atoms with Crippen molar-refractivity contribution in [2.24, 2.45) is 0 Å². The van der Waals surface area contributed by atoms with E-state index < -0.39 is 0 Å². The van der Waals surface area contributed by atoms with E-state index >= 15 is 0 Å². The first-order valence-corrected chi connectivity index (χ1v) is 11.6. The first kappa shape index (κ1) is 22.0. The van der Waals surface area contributed by atoms with Gasteiger partial charge in [0.15, 0.2) is 10.8 Å². The minimum absolute atomic E-state index is 0.242. The maximum atomic E-state index is 13.2. The average Bonchev–Trinajstić information content (AvgIpc) is 2.83. The van der Waals surface area contributed by atoms with Gasteiger partial charge in [0.25, 0.3) is 0 Å². The lowest BCUT2D eigenvalue weighted by molar-refractivity contribution is 0.627. The van der Waals surface area contributed by atoms with Gasteiger partial charge >= 0.3 is 0 Å². The Morgan fingerprint density at radius 2 is 1.66 bits per heavy atom. The molecule has 0 fully saturated rings. The number of benzene rings is 2. The van der Waals surface area contributed by atoms with Gasteiger partial charge in [0, 0.05) is 31.6 Å². The molecule has 0 atom stereocenters. The van der Waals surface area contributed by atoms with Crippen LogP contribution in [0.2, 0.25) is 0 Å². The third kappa shape index (κ3) is 5.31. The minimum atomic E-state index is -0.242. The number of nitrogens with one attached hydrogen (secondary N) is 1. The highest BCUT2D eigenvalue weighted by Gasteiger charge is 2.14. The molecule has 0 spiro atoms. The second-order valence-corrected chi connectivity index (χ2v) is 8.13. The highest BCUT2D eigenvalue weighted by atomic mass is 32.2. The fraction of sp³-hybridized carbons (Fsp3) is 0.250. The molecule has 2 aromatic heterocycles. The maximum Gasteiger partial charge on any atom is 0.227 e. The summed E-state index contributed by atoms with van der Waals surface area (Å²) in [7, 11) is 0. The fourth-order valence-electron chi connectivity index (χ4n) is 3.26. The van der Waals surface area contributed by atoms with Gasteiger partial charge in [-0.15, -0.1) is 0 Å². The summed E-state index contributed by atoms with van der Waals surface area (Å²) >= 11 is 1.50. The van der Waals surface area contributed by atoms with Crippen LogP contribution >= 0.6 is 11.8 Å². The molecule has 32 heavy (non-hydrogen) atoms. The van der Waals surface area contributed by atoms with E-state index in [1.54, 1.807) is 18.3 Å². The van der Waals surface area contributed by atoms with Gasteiger partial charge < -0.3 is 10.2 Å². The molecule has 6 nitrogen and oxygen atoms in total. The van der Waals surface area contributed by atoms with E-state index in [0.717, 1.165) is 29.6 Å². The zero-order valence-electron chi connectivity index (χ0n) is 18.1. The van der Waals surface area contributed by atoms with Crippen molar-refractivity contribution in [1.82, 2.24) is 19.9 Å². The van der Waals surface area contributed by atoms with E-state index in [0.29, 0.717) is 34.9 Å². The van der Waals surface area contributed by atoms with Crippen LogP contribution in [0.5, 0.6) is 0 Å². The van der Waals surface area contributed by atoms with Crippen molar-refractivity contribution in [3.05, 3.63) is 77.7 Å². The normalized spacial score (nSPS) is 11.0. The lowest BCUT2D eigenvalue weighted by Crippen LogP contribution is -2.24. The van der Waals surface area contributed by atoms with Crippen LogP contribution in [-0.2, 0) is 12.3 Å². The second kappa shape index (κ2) is 10.4. The zero-order chi connectivity index (χ0) is 22.3. The minimum Gasteiger partial charge on any atom is -0.365 e. The van der Waals surface area contributed by atoms with Crippen molar-refractivity contribution in [1.29, 1.82) is 0 Å². The summed E-state index contributed by atoms with van der Waals surface area (Å²) in [5.74, 6) is 1.75. The van der Waals surface area contributed by atoms with Crippen LogP contribution in [0, 0.1) is 5.82 Å². The Balaban J connectivity index is 1.65. The van der Waals surface area contributed by atoms with Crippen LogP contribution in [0.4, 0.5) is 16.2 Å². The molecular formula is C24H25FN6S. The molecule has 0 aliphatic carbocycles. The van der Waals surface area contributed by atoms with Crippen LogP contribution in [0.15, 0.2) is 66.0 Å². The zero-order valence-corrected chi connectivity index (χ0v) is 18.9. The summed E-state index contributed by atoms with van der Waals surface area (Å²) in [5.41, 5.74) is 2.76. The number of hydrogen-bond donors (Lipinski definition) is 1. The number of thioether (sulfide) groups is 1. The highest BCUT2D eigenvalue weighted by molar-refractivity contribution is 7.98. The van der Waals surface area contributed by atoms with Gasteiger partial charge in [0.2, 0.25) is 5.95 Å². The van der Waals surface area contributed by atoms with E-state index in [9.17, 15) is 4.39 Å². The first-order chi connectivity index (χ1) is 15.7. The second-order valence-electron chi connectivity index (χ2n) is 7.19. The van der Waals surface area contributed by atoms with E-state index in [4.69, 9.17) is 15.0 Å². The number of nitrogens with zero attached hydrogens (tertiary/aromatic N) is 5. The van der Waals surface area contributed by atoms with Crippen molar-refractivity contribution in [2.45, 2.75) is 31.3 Å². The Labute approximate surface area is 191 Å². The van der Waals surface area contributed by atoms with Gasteiger partial charge in [0.1, 0.15) is 11.6 Å². The molecule has 0 radical (unpaired) electrons. The van der Waals surface area contributed by atoms with E-state index in [1.807, 2.05) is 18.2 Å². The molecule has 4 aromatic rings. The molecule has 2 aromatic carbocycles. The third-order valence-electron chi connectivity index (χ3n) is 5.05. The van der Waals surface area contributed by atoms with Gasteiger partial charge in [-0.2, -0.15) is 4.98 Å². The average molecular weight is 449 g/mol. The molecule has 8 heteroatoms. The Morgan fingerprint density at radius 3 is 2.38 bits per heavy atom. The van der Waals surface area contributed by atoms with Gasteiger partial charge in [-0.1, -0.05) is 54.2 Å². The summed E-state index contributed by atoms with van der Waals surface area (Å²) < 4.78 is 13.2. The summed E-state index contributed by atoms with van der Waals surface area (Å²) in [5, 5.41) is 4.81. The number of fused-ring (bicyclic) bond motifs is 1. The van der Waals surface area contributed by atoms with Gasteiger partial charge in [0.05, 0.1) is 5.39 Å². The van der Waals surface area contributed by atoms with Crippen LogP contribution in [0.3, 0.4) is 0 Å². The van der Waals surface area contributed by atoms with Crippen molar-refractivity contribution in [3.63, 3.8) is 0 Å². The Kier molecular flexibility index (Phi) is 7.11. The molecule has 164 valence electrons. The molecule has 2 heterocycles. The van der Waals surface area contributed by atoms with Gasteiger partial charge in [-0.05, 0) is 37.1 Å². The molecule has 0 unspecified atom stereocenters. The molecular weight excluding hydrogens is 423 g/mol. The summed E-state index contributed by atoms with van der Waals surface area (Å²) in [6.07, 6.45) is 1.79. The quantitative estimate of drug-likeness (QED) is 0.275. The van der Waals surface area contributed by atoms with Gasteiger partial charge in [-0.3, -0.25) is 0 Å². The predicted octanol–water partition coefficient (Wildman–Crippen LogP) is 5.31. The standard InChI is InChI=1S/C24H25FN6S/c1-3-31(4-2)23-27-15-20-21(26-14-17-8-6-5-7-9-17)29-24(30-22(20)28-23)32-16-18-10-12-19(25)13-11-18/h5-13,15H,3-4,14,16H2,1-2H3,(H,26,27,28,29,30). The van der Waals surface area contributed by atoms with Crippen molar-refractivity contribution < 1.29 is 4.39 Å². The molecule has 0 aliphatic heterocycles. The van der Waals surface area contributed by atoms with Crippen molar-refractivity contribution in [3.8, 4) is 0 Å².